The second-order valence-electron chi connectivity index (χ2n) is 8.91. The van der Waals surface area contributed by atoms with Crippen LogP contribution in [0.5, 0.6) is 0 Å². The lowest BCUT2D eigenvalue weighted by atomic mass is 9.81. The maximum absolute atomic E-state index is 13.0. The van der Waals surface area contributed by atoms with Gasteiger partial charge in [0.25, 0.3) is 0 Å². The normalized spacial score (nSPS) is 27.1. The fourth-order valence-electron chi connectivity index (χ4n) is 5.49. The molecule has 3 aliphatic rings. The van der Waals surface area contributed by atoms with E-state index in [1.807, 2.05) is 35.2 Å². The number of carboxylic acids is 1. The number of piperidine rings is 1. The molecule has 156 valence electrons. The molecule has 2 aliphatic heterocycles. The van der Waals surface area contributed by atoms with Crippen LogP contribution in [-0.2, 0) is 20.8 Å². The number of carboxylic acid groups (broad SMARTS) is 1. The number of hydrogen-bond acceptors (Lipinski definition) is 3. The molecule has 1 aromatic carbocycles. The van der Waals surface area contributed by atoms with Gasteiger partial charge in [-0.3, -0.25) is 14.4 Å². The van der Waals surface area contributed by atoms with Crippen LogP contribution in [0, 0.1) is 17.3 Å². The van der Waals surface area contributed by atoms with E-state index >= 15 is 0 Å². The van der Waals surface area contributed by atoms with Crippen LogP contribution < -0.4 is 0 Å². The summed E-state index contributed by atoms with van der Waals surface area (Å²) < 4.78 is 0. The van der Waals surface area contributed by atoms with Crippen molar-refractivity contribution in [2.45, 2.75) is 44.9 Å². The van der Waals surface area contributed by atoms with Gasteiger partial charge in [-0.2, -0.15) is 0 Å². The lowest BCUT2D eigenvalue weighted by molar-refractivity contribution is -0.150. The summed E-state index contributed by atoms with van der Waals surface area (Å²) in [6.07, 6.45) is 5.13. The SMILES string of the molecule is O=C(CCc1ccccc1)N1CCC(C(=O)N2C[C@@H]3CCC[C@@]3(C(=O)O)C2)CC1. The van der Waals surface area contributed by atoms with Gasteiger partial charge in [0.2, 0.25) is 11.8 Å². The molecule has 1 saturated carbocycles. The molecule has 0 radical (unpaired) electrons. The van der Waals surface area contributed by atoms with Crippen molar-refractivity contribution < 1.29 is 19.5 Å². The zero-order chi connectivity index (χ0) is 20.4. The molecule has 2 amide bonds. The van der Waals surface area contributed by atoms with E-state index in [4.69, 9.17) is 0 Å². The molecule has 6 nitrogen and oxygen atoms in total. The van der Waals surface area contributed by atoms with Gasteiger partial charge in [0.1, 0.15) is 0 Å². The molecule has 0 unspecified atom stereocenters. The second-order valence-corrected chi connectivity index (χ2v) is 8.91. The van der Waals surface area contributed by atoms with E-state index < -0.39 is 11.4 Å². The Bertz CT molecular complexity index is 772. The molecular weight excluding hydrogens is 368 g/mol. The first-order chi connectivity index (χ1) is 14.0. The van der Waals surface area contributed by atoms with Crippen LogP contribution in [0.2, 0.25) is 0 Å². The number of amides is 2. The predicted molar refractivity (Wildman–Crippen MR) is 108 cm³/mol. The van der Waals surface area contributed by atoms with Gasteiger partial charge in [0.15, 0.2) is 0 Å². The van der Waals surface area contributed by atoms with Crippen molar-refractivity contribution in [2.24, 2.45) is 17.3 Å². The first-order valence-electron chi connectivity index (χ1n) is 10.8. The second kappa shape index (κ2) is 8.17. The van der Waals surface area contributed by atoms with Crippen molar-refractivity contribution in [1.82, 2.24) is 9.80 Å². The minimum Gasteiger partial charge on any atom is -0.481 e. The minimum atomic E-state index is -0.742. The van der Waals surface area contributed by atoms with Crippen molar-refractivity contribution in [3.8, 4) is 0 Å². The molecule has 2 saturated heterocycles. The van der Waals surface area contributed by atoms with E-state index in [-0.39, 0.29) is 23.7 Å². The highest BCUT2D eigenvalue weighted by molar-refractivity contribution is 5.83. The fourth-order valence-corrected chi connectivity index (χ4v) is 5.49. The Morgan fingerprint density at radius 3 is 2.41 bits per heavy atom. The number of carbonyl (C=O) groups excluding carboxylic acids is 2. The minimum absolute atomic E-state index is 0.0853. The summed E-state index contributed by atoms with van der Waals surface area (Å²) in [5.74, 6) is -0.479. The smallest absolute Gasteiger partial charge is 0.311 e. The van der Waals surface area contributed by atoms with Gasteiger partial charge >= 0.3 is 5.97 Å². The molecule has 1 aliphatic carbocycles. The van der Waals surface area contributed by atoms with Crippen LogP contribution in [-0.4, -0.2) is 58.9 Å². The maximum Gasteiger partial charge on any atom is 0.311 e. The zero-order valence-electron chi connectivity index (χ0n) is 16.9. The van der Waals surface area contributed by atoms with Gasteiger partial charge in [-0.1, -0.05) is 36.8 Å². The third-order valence-electron chi connectivity index (χ3n) is 7.28. The summed E-state index contributed by atoms with van der Waals surface area (Å²) in [7, 11) is 0. The number of aryl methyl sites for hydroxylation is 1. The highest BCUT2D eigenvalue weighted by Gasteiger charge is 2.56. The summed E-state index contributed by atoms with van der Waals surface area (Å²) in [6, 6.07) is 10.0. The Morgan fingerprint density at radius 1 is 1.03 bits per heavy atom. The Hall–Kier alpha value is -2.37. The van der Waals surface area contributed by atoms with Gasteiger partial charge in [0.05, 0.1) is 5.41 Å². The summed E-state index contributed by atoms with van der Waals surface area (Å²) in [6.45, 7) is 2.18. The Labute approximate surface area is 171 Å². The lowest BCUT2D eigenvalue weighted by Gasteiger charge is -2.33. The molecule has 2 heterocycles. The van der Waals surface area contributed by atoms with E-state index in [0.29, 0.717) is 51.9 Å². The van der Waals surface area contributed by atoms with E-state index in [1.54, 1.807) is 4.90 Å². The maximum atomic E-state index is 13.0. The molecule has 6 heteroatoms. The molecule has 4 rings (SSSR count). The largest absolute Gasteiger partial charge is 0.481 e. The van der Waals surface area contributed by atoms with E-state index in [0.717, 1.165) is 24.8 Å². The van der Waals surface area contributed by atoms with Gasteiger partial charge in [-0.15, -0.1) is 0 Å². The third kappa shape index (κ3) is 3.89. The van der Waals surface area contributed by atoms with Crippen molar-refractivity contribution in [1.29, 1.82) is 0 Å². The van der Waals surface area contributed by atoms with E-state index in [2.05, 4.69) is 0 Å². The highest BCUT2D eigenvalue weighted by atomic mass is 16.4. The van der Waals surface area contributed by atoms with Crippen LogP contribution in [0.25, 0.3) is 0 Å². The first-order valence-corrected chi connectivity index (χ1v) is 10.8. The number of likely N-dealkylation sites (tertiary alicyclic amines) is 2. The molecular formula is C23H30N2O4. The monoisotopic (exact) mass is 398 g/mol. The van der Waals surface area contributed by atoms with Crippen molar-refractivity contribution in [3.63, 3.8) is 0 Å². The summed E-state index contributed by atoms with van der Waals surface area (Å²) >= 11 is 0. The number of benzene rings is 1. The van der Waals surface area contributed by atoms with E-state index in [9.17, 15) is 19.5 Å². The molecule has 2 atom stereocenters. The molecule has 3 fully saturated rings. The van der Waals surface area contributed by atoms with Crippen LogP contribution >= 0.6 is 0 Å². The third-order valence-corrected chi connectivity index (χ3v) is 7.28. The first kappa shape index (κ1) is 19.9. The van der Waals surface area contributed by atoms with Crippen LogP contribution in [0.1, 0.15) is 44.1 Å². The quantitative estimate of drug-likeness (QED) is 0.827. The Kier molecular flexibility index (Phi) is 5.61. The number of carbonyl (C=O) groups is 3. The van der Waals surface area contributed by atoms with Gasteiger partial charge in [-0.05, 0) is 43.6 Å². The number of hydrogen-bond donors (Lipinski definition) is 1. The Morgan fingerprint density at radius 2 is 1.76 bits per heavy atom. The molecule has 0 spiro atoms. The van der Waals surface area contributed by atoms with Gasteiger partial charge < -0.3 is 14.9 Å². The molecule has 0 aromatic heterocycles. The molecule has 1 aromatic rings. The van der Waals surface area contributed by atoms with Gasteiger partial charge in [0, 0.05) is 38.5 Å². The molecule has 0 bridgehead atoms. The Balaban J connectivity index is 1.27. The number of rotatable bonds is 5. The predicted octanol–water partition coefficient (Wildman–Crippen LogP) is 2.57. The average molecular weight is 399 g/mol. The van der Waals surface area contributed by atoms with Crippen molar-refractivity contribution >= 4 is 17.8 Å². The number of fused-ring (bicyclic) bond motifs is 1. The average Bonchev–Trinajstić information content (AvgIpc) is 3.31. The summed E-state index contributed by atoms with van der Waals surface area (Å²) in [5.41, 5.74) is 0.446. The van der Waals surface area contributed by atoms with Crippen LogP contribution in [0.4, 0.5) is 0 Å². The highest BCUT2D eigenvalue weighted by Crippen LogP contribution is 2.49. The van der Waals surface area contributed by atoms with E-state index in [1.165, 1.54) is 0 Å². The van der Waals surface area contributed by atoms with Crippen LogP contribution in [0.3, 0.4) is 0 Å². The lowest BCUT2D eigenvalue weighted by Crippen LogP contribution is -2.45. The van der Waals surface area contributed by atoms with Crippen molar-refractivity contribution in [3.05, 3.63) is 35.9 Å². The standard InChI is InChI=1S/C23H30N2O4/c26-20(9-8-17-5-2-1-3-6-17)24-13-10-18(11-14-24)21(27)25-15-19-7-4-12-23(19,16-25)22(28)29/h1-3,5-6,18-19H,4,7-16H2,(H,28,29)/t19-,23+/m0/s1. The van der Waals surface area contributed by atoms with Gasteiger partial charge in [-0.25, -0.2) is 0 Å². The number of nitrogens with zero attached hydrogens (tertiary/aromatic N) is 2. The fraction of sp³-hybridized carbons (Fsp3) is 0.609. The summed E-state index contributed by atoms with van der Waals surface area (Å²) in [4.78, 5) is 41.1. The molecule has 29 heavy (non-hydrogen) atoms. The van der Waals surface area contributed by atoms with Crippen molar-refractivity contribution in [2.75, 3.05) is 26.2 Å². The zero-order valence-corrected chi connectivity index (χ0v) is 16.9. The molecule has 1 N–H and O–H groups in total. The number of aliphatic carboxylic acids is 1. The summed E-state index contributed by atoms with van der Waals surface area (Å²) in [5, 5.41) is 9.73. The topological polar surface area (TPSA) is 77.9 Å². The van der Waals surface area contributed by atoms with Crippen LogP contribution in [0.15, 0.2) is 30.3 Å².